The van der Waals surface area contributed by atoms with Gasteiger partial charge in [-0.3, -0.25) is 9.69 Å². The molecule has 4 heterocycles. The average molecular weight is 596 g/mol. The van der Waals surface area contributed by atoms with E-state index in [1.54, 1.807) is 12.0 Å². The van der Waals surface area contributed by atoms with Crippen molar-refractivity contribution in [2.75, 3.05) is 62.7 Å². The van der Waals surface area contributed by atoms with Crippen molar-refractivity contribution in [3.8, 4) is 24.4 Å². The fraction of sp³-hybridized carbons (Fsp3) is 0.529. The number of hydrogen-bond donors (Lipinski definition) is 0. The topological polar surface area (TPSA) is 98.1 Å². The zero-order valence-electron chi connectivity index (χ0n) is 25.6. The number of methoxy groups -OCH3 is 1. The number of ether oxygens (including phenoxy) is 2. The zero-order chi connectivity index (χ0) is 30.6. The van der Waals surface area contributed by atoms with E-state index in [9.17, 15) is 10.1 Å². The van der Waals surface area contributed by atoms with Gasteiger partial charge in [0, 0.05) is 57.6 Å². The number of benzene rings is 1. The number of aryl methyl sites for hydroxylation is 1. The lowest BCUT2D eigenvalue weighted by molar-refractivity contribution is -0.128. The number of likely N-dealkylation sites (tertiary alicyclic amines) is 1. The molecule has 1 amide bonds. The average Bonchev–Trinajstić information content (AvgIpc) is 3.44. The molecule has 10 heteroatoms. The summed E-state index contributed by atoms with van der Waals surface area (Å²) >= 11 is 0. The van der Waals surface area contributed by atoms with Crippen LogP contribution in [0.3, 0.4) is 0 Å². The molecule has 230 valence electrons. The van der Waals surface area contributed by atoms with Crippen molar-refractivity contribution in [2.45, 2.75) is 63.3 Å². The van der Waals surface area contributed by atoms with Crippen molar-refractivity contribution in [1.29, 1.82) is 5.26 Å². The lowest BCUT2D eigenvalue weighted by Crippen LogP contribution is -2.55. The maximum Gasteiger partial charge on any atom is 0.319 e. The number of terminal acetylenes is 1. The molecule has 4 aliphatic rings. The lowest BCUT2D eigenvalue weighted by atomic mass is 9.89. The van der Waals surface area contributed by atoms with E-state index >= 15 is 0 Å². The molecule has 0 spiro atoms. The molecule has 2 aromatic rings. The Balaban J connectivity index is 1.34. The highest BCUT2D eigenvalue weighted by atomic mass is 16.5. The second kappa shape index (κ2) is 13.3. The molecule has 6 rings (SSSR count). The van der Waals surface area contributed by atoms with Gasteiger partial charge >= 0.3 is 6.01 Å². The number of carbonyl (C=O) groups excluding carboxylic acids is 1. The number of anilines is 2. The summed E-state index contributed by atoms with van der Waals surface area (Å²) in [5, 5.41) is 9.56. The summed E-state index contributed by atoms with van der Waals surface area (Å²) in [4.78, 5) is 31.2. The van der Waals surface area contributed by atoms with Gasteiger partial charge in [0.25, 0.3) is 0 Å². The summed E-state index contributed by atoms with van der Waals surface area (Å²) in [5.74, 6) is 3.40. The van der Waals surface area contributed by atoms with Crippen LogP contribution in [0, 0.1) is 23.7 Å². The standard InChI is InChI=1S/C34H41N7O3/c1-4-16-38-22-30(43-3)31(23-38)44-34-36-28-21-39(29-12-8-10-24-9-6-7-11-26(24)29)17-14-27(28)33(37-34)40-18-19-41(32(42)5-2)25(20-40)13-15-35/h1,5,8,10,12,25,30-31H,2,6-7,9,11,13-14,16-23H2,3H3/t25-,30+,31+/m0/s1. The van der Waals surface area contributed by atoms with Gasteiger partial charge in [-0.25, -0.2) is 0 Å². The summed E-state index contributed by atoms with van der Waals surface area (Å²) in [5.41, 5.74) is 6.31. The SMILES string of the molecule is C#CCN1C[C@@H](OC)[C@H](Oc2nc3c(c(N4CCN(C(=O)C=C)[C@@H](CC#N)C4)n2)CCN(c2cccc4c2CCCC4)C3)C1. The van der Waals surface area contributed by atoms with Gasteiger partial charge in [0.15, 0.2) is 0 Å². The van der Waals surface area contributed by atoms with E-state index < -0.39 is 0 Å². The van der Waals surface area contributed by atoms with E-state index in [0.29, 0.717) is 51.8 Å². The Morgan fingerprint density at radius 3 is 2.73 bits per heavy atom. The first-order chi connectivity index (χ1) is 21.5. The van der Waals surface area contributed by atoms with Gasteiger partial charge in [-0.15, -0.1) is 6.42 Å². The molecule has 0 bridgehead atoms. The van der Waals surface area contributed by atoms with Gasteiger partial charge in [0.05, 0.1) is 37.3 Å². The predicted molar refractivity (Wildman–Crippen MR) is 168 cm³/mol. The van der Waals surface area contributed by atoms with Crippen LogP contribution in [-0.2, 0) is 35.3 Å². The Morgan fingerprint density at radius 1 is 1.09 bits per heavy atom. The second-order valence-corrected chi connectivity index (χ2v) is 12.1. The minimum atomic E-state index is -0.256. The number of amides is 1. The number of rotatable bonds is 8. The number of nitriles is 1. The highest BCUT2D eigenvalue weighted by Crippen LogP contribution is 2.36. The number of carbonyl (C=O) groups is 1. The van der Waals surface area contributed by atoms with E-state index in [1.165, 1.54) is 35.7 Å². The number of hydrogen-bond acceptors (Lipinski definition) is 9. The van der Waals surface area contributed by atoms with Crippen molar-refractivity contribution in [3.05, 3.63) is 53.2 Å². The van der Waals surface area contributed by atoms with Crippen LogP contribution in [-0.4, -0.2) is 96.8 Å². The number of nitrogens with zero attached hydrogens (tertiary/aromatic N) is 7. The molecular formula is C34H41N7O3. The molecule has 10 nitrogen and oxygen atoms in total. The summed E-state index contributed by atoms with van der Waals surface area (Å²) < 4.78 is 12.3. The third kappa shape index (κ3) is 5.97. The van der Waals surface area contributed by atoms with Crippen LogP contribution in [0.2, 0.25) is 0 Å². The zero-order valence-corrected chi connectivity index (χ0v) is 25.6. The highest BCUT2D eigenvalue weighted by molar-refractivity contribution is 5.87. The minimum absolute atomic E-state index is 0.146. The molecular weight excluding hydrogens is 554 g/mol. The Bertz CT molecular complexity index is 1480. The predicted octanol–water partition coefficient (Wildman–Crippen LogP) is 2.75. The largest absolute Gasteiger partial charge is 0.456 e. The molecule has 0 radical (unpaired) electrons. The van der Waals surface area contributed by atoms with Crippen molar-refractivity contribution in [2.24, 2.45) is 0 Å². The summed E-state index contributed by atoms with van der Waals surface area (Å²) in [7, 11) is 1.69. The maximum absolute atomic E-state index is 12.6. The van der Waals surface area contributed by atoms with Crippen molar-refractivity contribution < 1.29 is 14.3 Å². The fourth-order valence-electron chi connectivity index (χ4n) is 7.25. The molecule has 3 atom stereocenters. The highest BCUT2D eigenvalue weighted by Gasteiger charge is 2.37. The van der Waals surface area contributed by atoms with Crippen molar-refractivity contribution in [1.82, 2.24) is 19.8 Å². The molecule has 2 fully saturated rings. The molecule has 2 saturated heterocycles. The molecule has 1 aromatic carbocycles. The van der Waals surface area contributed by atoms with Gasteiger partial charge < -0.3 is 24.2 Å². The quantitative estimate of drug-likeness (QED) is 0.337. The molecule has 3 aliphatic heterocycles. The Hall–Kier alpha value is -4.12. The molecule has 0 unspecified atom stereocenters. The van der Waals surface area contributed by atoms with Gasteiger partial charge in [0.2, 0.25) is 5.91 Å². The first-order valence-electron chi connectivity index (χ1n) is 15.7. The smallest absolute Gasteiger partial charge is 0.319 e. The molecule has 0 saturated carbocycles. The first-order valence-corrected chi connectivity index (χ1v) is 15.7. The summed E-state index contributed by atoms with van der Waals surface area (Å²) in [6, 6.07) is 9.04. The van der Waals surface area contributed by atoms with Gasteiger partial charge in [0.1, 0.15) is 18.0 Å². The lowest BCUT2D eigenvalue weighted by Gasteiger charge is -2.42. The summed E-state index contributed by atoms with van der Waals surface area (Å²) in [6.45, 7) is 8.63. The van der Waals surface area contributed by atoms with Crippen LogP contribution in [0.4, 0.5) is 11.5 Å². The van der Waals surface area contributed by atoms with E-state index in [4.69, 9.17) is 25.9 Å². The Morgan fingerprint density at radius 2 is 1.93 bits per heavy atom. The normalized spacial score (nSPS) is 23.3. The molecule has 1 aliphatic carbocycles. The monoisotopic (exact) mass is 595 g/mol. The van der Waals surface area contributed by atoms with Gasteiger partial charge in [-0.1, -0.05) is 24.6 Å². The molecule has 0 N–H and O–H groups in total. The van der Waals surface area contributed by atoms with Crippen LogP contribution in [0.5, 0.6) is 6.01 Å². The van der Waals surface area contributed by atoms with E-state index in [-0.39, 0.29) is 30.6 Å². The van der Waals surface area contributed by atoms with Crippen LogP contribution >= 0.6 is 0 Å². The second-order valence-electron chi connectivity index (χ2n) is 12.1. The van der Waals surface area contributed by atoms with Crippen molar-refractivity contribution >= 4 is 17.4 Å². The van der Waals surface area contributed by atoms with E-state index in [2.05, 4.69) is 51.5 Å². The molecule has 1 aromatic heterocycles. The molecule has 44 heavy (non-hydrogen) atoms. The van der Waals surface area contributed by atoms with Crippen LogP contribution in [0.25, 0.3) is 0 Å². The van der Waals surface area contributed by atoms with Crippen LogP contribution in [0.1, 0.15) is 41.6 Å². The number of aromatic nitrogens is 2. The Kier molecular flexibility index (Phi) is 9.02. The number of piperazine rings is 1. The summed E-state index contributed by atoms with van der Waals surface area (Å²) in [6.07, 6.45) is 12.3. The minimum Gasteiger partial charge on any atom is -0.456 e. The van der Waals surface area contributed by atoms with E-state index in [0.717, 1.165) is 42.9 Å². The third-order valence-electron chi connectivity index (χ3n) is 9.47. The fourth-order valence-corrected chi connectivity index (χ4v) is 7.25. The van der Waals surface area contributed by atoms with Crippen LogP contribution < -0.4 is 14.5 Å². The van der Waals surface area contributed by atoms with E-state index in [1.807, 2.05) is 0 Å². The van der Waals surface area contributed by atoms with Crippen molar-refractivity contribution in [3.63, 3.8) is 0 Å². The van der Waals surface area contributed by atoms with Gasteiger partial charge in [-0.2, -0.15) is 15.2 Å². The Labute approximate surface area is 260 Å². The van der Waals surface area contributed by atoms with Gasteiger partial charge in [-0.05, 0) is 55.4 Å². The third-order valence-corrected chi connectivity index (χ3v) is 9.47. The maximum atomic E-state index is 12.6. The van der Waals surface area contributed by atoms with Crippen LogP contribution in [0.15, 0.2) is 30.9 Å². The first kappa shape index (κ1) is 29.9. The number of fused-ring (bicyclic) bond motifs is 2.